The van der Waals surface area contributed by atoms with E-state index in [0.717, 1.165) is 28.1 Å². The summed E-state index contributed by atoms with van der Waals surface area (Å²) in [7, 11) is 0. The van der Waals surface area contributed by atoms with Crippen molar-refractivity contribution < 1.29 is 0 Å². The molecule has 3 aromatic rings. The van der Waals surface area contributed by atoms with Gasteiger partial charge in [0.2, 0.25) is 0 Å². The van der Waals surface area contributed by atoms with E-state index in [1.165, 1.54) is 0 Å². The molecule has 0 radical (unpaired) electrons. The zero-order valence-corrected chi connectivity index (χ0v) is 15.9. The fourth-order valence-electron chi connectivity index (χ4n) is 2.73. The van der Waals surface area contributed by atoms with E-state index in [1.807, 2.05) is 49.4 Å². The molecule has 2 aromatic heterocycles. The van der Waals surface area contributed by atoms with Crippen LogP contribution in [0.25, 0.3) is 11.1 Å². The van der Waals surface area contributed by atoms with Crippen molar-refractivity contribution in [3.05, 3.63) is 83.9 Å². The highest BCUT2D eigenvalue weighted by Gasteiger charge is 2.08. The van der Waals surface area contributed by atoms with Crippen LogP contribution in [0, 0.1) is 6.92 Å². The predicted octanol–water partition coefficient (Wildman–Crippen LogP) is 3.57. The molecule has 1 aromatic carbocycles. The molecule has 2 heterocycles. The molecule has 0 saturated heterocycles. The first kappa shape index (κ1) is 18.7. The fraction of sp³-hybridized carbons (Fsp3) is 0.143. The number of nitrogens with zero attached hydrogens (tertiary/aromatic N) is 4. The SMILES string of the molecule is Cc1c(-c2ccccc2)ccnc1/C=N/N(CCc1ccccn1)C(N)=S. The Morgan fingerprint density at radius 1 is 1.07 bits per heavy atom. The minimum absolute atomic E-state index is 0.221. The van der Waals surface area contributed by atoms with Gasteiger partial charge in [0.15, 0.2) is 5.11 Å². The molecule has 6 heteroatoms. The Kier molecular flexibility index (Phi) is 6.22. The molecule has 3 rings (SSSR count). The minimum atomic E-state index is 0.221. The first-order valence-corrected chi connectivity index (χ1v) is 9.08. The van der Waals surface area contributed by atoms with Crippen molar-refractivity contribution in [3.8, 4) is 11.1 Å². The molecule has 2 N–H and O–H groups in total. The van der Waals surface area contributed by atoms with Crippen molar-refractivity contribution in [1.29, 1.82) is 0 Å². The lowest BCUT2D eigenvalue weighted by atomic mass is 10.0. The molecule has 27 heavy (non-hydrogen) atoms. The van der Waals surface area contributed by atoms with E-state index in [4.69, 9.17) is 18.0 Å². The number of benzene rings is 1. The molecular formula is C21H21N5S. The highest BCUT2D eigenvalue weighted by atomic mass is 32.1. The second-order valence-corrected chi connectivity index (χ2v) is 6.43. The number of pyridine rings is 2. The predicted molar refractivity (Wildman–Crippen MR) is 113 cm³/mol. The van der Waals surface area contributed by atoms with Crippen LogP contribution in [0.5, 0.6) is 0 Å². The lowest BCUT2D eigenvalue weighted by Crippen LogP contribution is -2.33. The van der Waals surface area contributed by atoms with Gasteiger partial charge in [-0.25, -0.2) is 5.01 Å². The molecule has 0 bridgehead atoms. The van der Waals surface area contributed by atoms with Gasteiger partial charge in [-0.05, 0) is 54.0 Å². The van der Waals surface area contributed by atoms with Gasteiger partial charge in [0.1, 0.15) is 0 Å². The van der Waals surface area contributed by atoms with Crippen LogP contribution in [-0.4, -0.2) is 32.8 Å². The summed E-state index contributed by atoms with van der Waals surface area (Å²) < 4.78 is 0. The maximum absolute atomic E-state index is 5.83. The molecule has 0 aliphatic carbocycles. The minimum Gasteiger partial charge on any atom is -0.375 e. The zero-order chi connectivity index (χ0) is 19.1. The Labute approximate surface area is 164 Å². The van der Waals surface area contributed by atoms with E-state index in [9.17, 15) is 0 Å². The highest BCUT2D eigenvalue weighted by Crippen LogP contribution is 2.23. The Hall–Kier alpha value is -3.12. The summed E-state index contributed by atoms with van der Waals surface area (Å²) in [4.78, 5) is 8.75. The first-order valence-electron chi connectivity index (χ1n) is 8.67. The molecule has 0 aliphatic heterocycles. The Morgan fingerprint density at radius 3 is 2.56 bits per heavy atom. The maximum Gasteiger partial charge on any atom is 0.186 e. The lowest BCUT2D eigenvalue weighted by Gasteiger charge is -2.16. The van der Waals surface area contributed by atoms with Crippen LogP contribution in [0.15, 0.2) is 72.1 Å². The summed E-state index contributed by atoms with van der Waals surface area (Å²) in [6, 6.07) is 18.0. The Balaban J connectivity index is 1.77. The van der Waals surface area contributed by atoms with Crippen LogP contribution in [0.4, 0.5) is 0 Å². The molecule has 136 valence electrons. The summed E-state index contributed by atoms with van der Waals surface area (Å²) in [5.41, 5.74) is 10.9. The van der Waals surface area contributed by atoms with Crippen LogP contribution in [0.2, 0.25) is 0 Å². The number of hydrogen-bond donors (Lipinski definition) is 1. The van der Waals surface area contributed by atoms with E-state index in [2.05, 4.69) is 27.2 Å². The highest BCUT2D eigenvalue weighted by molar-refractivity contribution is 7.80. The van der Waals surface area contributed by atoms with Crippen LogP contribution < -0.4 is 5.73 Å². The van der Waals surface area contributed by atoms with E-state index < -0.39 is 0 Å². The second kappa shape index (κ2) is 9.00. The van der Waals surface area contributed by atoms with Crippen molar-refractivity contribution in [2.45, 2.75) is 13.3 Å². The standard InChI is InChI=1S/C21H21N5S/c1-16-19(17-7-3-2-4-8-17)10-13-24-20(16)15-25-26(21(22)27)14-11-18-9-5-6-12-23-18/h2-10,12-13,15H,11,14H2,1H3,(H2,22,27)/b25-15+. The molecule has 5 nitrogen and oxygen atoms in total. The van der Waals surface area contributed by atoms with Gasteiger partial charge in [-0.1, -0.05) is 36.4 Å². The Bertz CT molecular complexity index is 926. The van der Waals surface area contributed by atoms with E-state index in [1.54, 1.807) is 23.6 Å². The van der Waals surface area contributed by atoms with Crippen molar-refractivity contribution >= 4 is 23.5 Å². The zero-order valence-electron chi connectivity index (χ0n) is 15.1. The molecule has 0 amide bonds. The van der Waals surface area contributed by atoms with Crippen molar-refractivity contribution in [2.24, 2.45) is 10.8 Å². The van der Waals surface area contributed by atoms with Gasteiger partial charge in [-0.3, -0.25) is 9.97 Å². The van der Waals surface area contributed by atoms with Crippen molar-refractivity contribution in [3.63, 3.8) is 0 Å². The largest absolute Gasteiger partial charge is 0.375 e. The van der Waals surface area contributed by atoms with Crippen LogP contribution in [0.3, 0.4) is 0 Å². The van der Waals surface area contributed by atoms with Crippen molar-refractivity contribution in [1.82, 2.24) is 15.0 Å². The third kappa shape index (κ3) is 4.95. The summed E-state index contributed by atoms with van der Waals surface area (Å²) in [5, 5.41) is 6.27. The molecule has 0 spiro atoms. The van der Waals surface area contributed by atoms with Gasteiger partial charge in [-0.2, -0.15) is 5.10 Å². The first-order chi connectivity index (χ1) is 13.1. The third-order valence-electron chi connectivity index (χ3n) is 4.21. The van der Waals surface area contributed by atoms with E-state index >= 15 is 0 Å². The van der Waals surface area contributed by atoms with Gasteiger partial charge < -0.3 is 5.73 Å². The fourth-order valence-corrected chi connectivity index (χ4v) is 2.87. The van der Waals surface area contributed by atoms with Gasteiger partial charge in [-0.15, -0.1) is 0 Å². The van der Waals surface area contributed by atoms with Crippen LogP contribution >= 0.6 is 12.2 Å². The normalized spacial score (nSPS) is 10.9. The number of hydrogen-bond acceptors (Lipinski definition) is 4. The van der Waals surface area contributed by atoms with Gasteiger partial charge >= 0.3 is 0 Å². The van der Waals surface area contributed by atoms with Gasteiger partial charge in [0, 0.05) is 31.1 Å². The quantitative estimate of drug-likeness (QED) is 0.405. The summed E-state index contributed by atoms with van der Waals surface area (Å²) in [6.07, 6.45) is 5.97. The second-order valence-electron chi connectivity index (χ2n) is 6.01. The number of aromatic nitrogens is 2. The van der Waals surface area contributed by atoms with Gasteiger partial charge in [0.05, 0.1) is 11.9 Å². The third-order valence-corrected chi connectivity index (χ3v) is 4.42. The molecule has 0 unspecified atom stereocenters. The number of nitrogens with two attached hydrogens (primary N) is 1. The van der Waals surface area contributed by atoms with E-state index in [-0.39, 0.29) is 5.11 Å². The summed E-state index contributed by atoms with van der Waals surface area (Å²) >= 11 is 5.13. The number of thiocarbonyl (C=S) groups is 1. The summed E-state index contributed by atoms with van der Waals surface area (Å²) in [6.45, 7) is 2.59. The topological polar surface area (TPSA) is 67.4 Å². The average molecular weight is 376 g/mol. The molecule has 0 atom stereocenters. The number of hydrazone groups is 1. The van der Waals surface area contributed by atoms with Gasteiger partial charge in [0.25, 0.3) is 0 Å². The number of rotatable bonds is 6. The monoisotopic (exact) mass is 375 g/mol. The van der Waals surface area contributed by atoms with Crippen molar-refractivity contribution in [2.75, 3.05) is 6.54 Å². The smallest absolute Gasteiger partial charge is 0.186 e. The average Bonchev–Trinajstić information content (AvgIpc) is 2.70. The molecule has 0 saturated carbocycles. The molecular weight excluding hydrogens is 354 g/mol. The molecule has 0 fully saturated rings. The van der Waals surface area contributed by atoms with Crippen LogP contribution in [0.1, 0.15) is 17.0 Å². The summed E-state index contributed by atoms with van der Waals surface area (Å²) in [5.74, 6) is 0. The maximum atomic E-state index is 5.83. The lowest BCUT2D eigenvalue weighted by molar-refractivity contribution is 0.452. The Morgan fingerprint density at radius 2 is 1.85 bits per heavy atom. The molecule has 0 aliphatic rings. The van der Waals surface area contributed by atoms with E-state index in [0.29, 0.717) is 13.0 Å². The van der Waals surface area contributed by atoms with Crippen LogP contribution in [-0.2, 0) is 6.42 Å².